The highest BCUT2D eigenvalue weighted by Gasteiger charge is 2.48. The van der Waals surface area contributed by atoms with Crippen LogP contribution < -0.4 is 0 Å². The van der Waals surface area contributed by atoms with Crippen molar-refractivity contribution in [2.24, 2.45) is 0 Å². The Labute approximate surface area is 227 Å². The predicted octanol–water partition coefficient (Wildman–Crippen LogP) is 7.50. The summed E-state index contributed by atoms with van der Waals surface area (Å²) in [5, 5.41) is -0.222. The van der Waals surface area contributed by atoms with Gasteiger partial charge in [0.2, 0.25) is 8.32 Å². The molecule has 0 saturated carbocycles. The molecule has 0 aliphatic carbocycles. The van der Waals surface area contributed by atoms with E-state index in [1.54, 1.807) is 6.92 Å². The van der Waals surface area contributed by atoms with Crippen molar-refractivity contribution in [3.05, 3.63) is 12.2 Å². The van der Waals surface area contributed by atoms with Crippen LogP contribution in [-0.4, -0.2) is 70.4 Å². The summed E-state index contributed by atoms with van der Waals surface area (Å²) < 4.78 is 31.2. The lowest BCUT2D eigenvalue weighted by Gasteiger charge is -2.47. The summed E-state index contributed by atoms with van der Waals surface area (Å²) in [5.41, 5.74) is 0.391. The van der Waals surface area contributed by atoms with Crippen LogP contribution in [0.25, 0.3) is 0 Å². The summed E-state index contributed by atoms with van der Waals surface area (Å²) in [6, 6.07) is 2.23. The normalized spacial score (nSPS) is 14.6. The van der Waals surface area contributed by atoms with Gasteiger partial charge in [0.1, 0.15) is 12.7 Å². The minimum Gasteiger partial charge on any atom is -0.460 e. The van der Waals surface area contributed by atoms with E-state index in [1.807, 2.05) is 0 Å². The van der Waals surface area contributed by atoms with Gasteiger partial charge in [-0.1, -0.05) is 26.3 Å². The molecule has 0 amide bonds. The Kier molecular flexibility index (Phi) is 14.9. The molecule has 0 heterocycles. The largest absolute Gasteiger partial charge is 0.460 e. The van der Waals surface area contributed by atoms with E-state index in [1.165, 1.54) is 18.9 Å². The van der Waals surface area contributed by atoms with E-state index in [0.29, 0.717) is 18.8 Å². The molecule has 6 nitrogen and oxygen atoms in total. The molecular formula is C26H58O6Si4. The Morgan fingerprint density at radius 3 is 1.94 bits per heavy atom. The molecule has 0 rings (SSSR count). The van der Waals surface area contributed by atoms with Gasteiger partial charge in [-0.05, 0) is 98.2 Å². The van der Waals surface area contributed by atoms with Crippen LogP contribution in [0.3, 0.4) is 0 Å². The molecule has 36 heavy (non-hydrogen) atoms. The molecule has 214 valence electrons. The number of hydrogen-bond acceptors (Lipinski definition) is 6. The van der Waals surface area contributed by atoms with Crippen molar-refractivity contribution in [2.45, 2.75) is 129 Å². The number of ether oxygens (including phenoxy) is 2. The fourth-order valence-corrected chi connectivity index (χ4v) is 17.6. The van der Waals surface area contributed by atoms with Crippen LogP contribution in [0, 0.1) is 0 Å². The van der Waals surface area contributed by atoms with Gasteiger partial charge in [-0.15, -0.1) is 0 Å². The Hall–Kier alpha value is -0.0825. The zero-order chi connectivity index (χ0) is 28.4. The van der Waals surface area contributed by atoms with E-state index < -0.39 is 33.3 Å². The molecule has 0 bridgehead atoms. The van der Waals surface area contributed by atoms with Gasteiger partial charge in [0.25, 0.3) is 0 Å². The Morgan fingerprint density at radius 2 is 1.44 bits per heavy atom. The van der Waals surface area contributed by atoms with Crippen molar-refractivity contribution in [2.75, 3.05) is 19.8 Å². The Bertz CT molecular complexity index is 686. The first-order valence-corrected chi connectivity index (χ1v) is 26.2. The smallest absolute Gasteiger partial charge is 0.333 e. The average Bonchev–Trinajstić information content (AvgIpc) is 2.66. The zero-order valence-electron chi connectivity index (χ0n) is 25.9. The molecule has 0 spiro atoms. The number of hydrogen-bond donors (Lipinski definition) is 0. The summed E-state index contributed by atoms with van der Waals surface area (Å²) >= 11 is 0. The maximum Gasteiger partial charge on any atom is 0.333 e. The lowest BCUT2D eigenvalue weighted by Crippen LogP contribution is -2.62. The monoisotopic (exact) mass is 578 g/mol. The van der Waals surface area contributed by atoms with Gasteiger partial charge in [-0.25, -0.2) is 4.79 Å². The van der Waals surface area contributed by atoms with Crippen LogP contribution >= 0.6 is 0 Å². The highest BCUT2D eigenvalue weighted by atomic mass is 28.4. The second kappa shape index (κ2) is 14.9. The van der Waals surface area contributed by atoms with E-state index in [2.05, 4.69) is 86.3 Å². The van der Waals surface area contributed by atoms with Crippen LogP contribution in [0.2, 0.25) is 71.0 Å². The highest BCUT2D eigenvalue weighted by Crippen LogP contribution is 2.34. The summed E-state index contributed by atoms with van der Waals surface area (Å²) in [7, 11) is -7.51. The number of carbonyl (C=O) groups excluding carboxylic acids is 1. The third-order valence-corrected chi connectivity index (χ3v) is 19.0. The summed E-state index contributed by atoms with van der Waals surface area (Å²) in [5.74, 6) is -0.390. The van der Waals surface area contributed by atoms with Crippen LogP contribution in [0.5, 0.6) is 0 Å². The quantitative estimate of drug-likeness (QED) is 0.0684. The molecule has 0 aromatic heterocycles. The van der Waals surface area contributed by atoms with E-state index in [0.717, 1.165) is 12.5 Å². The van der Waals surface area contributed by atoms with Crippen LogP contribution in [0.1, 0.15) is 47.0 Å². The first kappa shape index (κ1) is 35.9. The molecule has 0 fully saturated rings. The second-order valence-corrected chi connectivity index (χ2v) is 31.0. The lowest BCUT2D eigenvalue weighted by atomic mass is 10.3. The number of rotatable bonds is 19. The van der Waals surface area contributed by atoms with Crippen molar-refractivity contribution in [1.82, 2.24) is 0 Å². The average molecular weight is 579 g/mol. The number of carbonyl (C=O) groups is 1. The standard InChI is InChI=1S/C26H58O6Si4/c1-15-16-19-34(9,10)31-26(4,5)36(13,14)32-35(11,12)20-17-18-28-21-24(30-33(6,7)8)22-29-25(27)23(2)3/h24H,2,15-22H2,1,3-14H3. The topological polar surface area (TPSA) is 63.2 Å². The third-order valence-electron chi connectivity index (χ3n) is 6.29. The molecule has 0 saturated heterocycles. The van der Waals surface area contributed by atoms with Gasteiger partial charge in [-0.2, -0.15) is 0 Å². The number of unbranched alkanes of at least 4 members (excludes halogenated alkanes) is 1. The molecule has 1 atom stereocenters. The van der Waals surface area contributed by atoms with E-state index in [-0.39, 0.29) is 23.9 Å². The van der Waals surface area contributed by atoms with E-state index in [9.17, 15) is 4.79 Å². The van der Waals surface area contributed by atoms with Crippen LogP contribution in [0.15, 0.2) is 12.2 Å². The van der Waals surface area contributed by atoms with Crippen molar-refractivity contribution < 1.29 is 27.2 Å². The van der Waals surface area contributed by atoms with Gasteiger partial charge in [0.05, 0.1) is 11.8 Å². The minimum absolute atomic E-state index is 0.187. The van der Waals surface area contributed by atoms with Crippen molar-refractivity contribution in [3.63, 3.8) is 0 Å². The maximum atomic E-state index is 11.8. The third kappa shape index (κ3) is 15.4. The fourth-order valence-electron chi connectivity index (χ4n) is 4.05. The molecule has 1 unspecified atom stereocenters. The Balaban J connectivity index is 4.80. The van der Waals surface area contributed by atoms with E-state index in [4.69, 9.17) is 22.4 Å². The predicted molar refractivity (Wildman–Crippen MR) is 163 cm³/mol. The highest BCUT2D eigenvalue weighted by molar-refractivity contribution is 6.86. The molecule has 10 heteroatoms. The van der Waals surface area contributed by atoms with Gasteiger partial charge < -0.3 is 22.4 Å². The van der Waals surface area contributed by atoms with Crippen molar-refractivity contribution >= 4 is 39.2 Å². The van der Waals surface area contributed by atoms with Gasteiger partial charge in [-0.3, -0.25) is 0 Å². The Morgan fingerprint density at radius 1 is 0.889 bits per heavy atom. The second-order valence-electron chi connectivity index (χ2n) is 13.3. The SMILES string of the molecule is C=C(C)C(=O)OCC(COCCC[Si](C)(C)O[Si](C)(C)C(C)(C)O[Si](C)(C)CCCC)O[Si](C)(C)C. The molecule has 0 aliphatic rings. The number of esters is 1. The summed E-state index contributed by atoms with van der Waals surface area (Å²) in [6.07, 6.45) is 3.13. The van der Waals surface area contributed by atoms with Crippen LogP contribution in [0.4, 0.5) is 0 Å². The molecule has 0 radical (unpaired) electrons. The van der Waals surface area contributed by atoms with Crippen molar-refractivity contribution in [1.29, 1.82) is 0 Å². The summed E-state index contributed by atoms with van der Waals surface area (Å²) in [4.78, 5) is 11.8. The summed E-state index contributed by atoms with van der Waals surface area (Å²) in [6.45, 7) is 33.5. The molecule has 0 aliphatic heterocycles. The van der Waals surface area contributed by atoms with Crippen molar-refractivity contribution in [3.8, 4) is 0 Å². The first-order chi connectivity index (χ1) is 16.1. The molecule has 0 aromatic carbocycles. The minimum atomic E-state index is -2.10. The van der Waals surface area contributed by atoms with Crippen LogP contribution in [-0.2, 0) is 27.2 Å². The zero-order valence-corrected chi connectivity index (χ0v) is 29.9. The van der Waals surface area contributed by atoms with E-state index >= 15 is 0 Å². The maximum absolute atomic E-state index is 11.8. The lowest BCUT2D eigenvalue weighted by molar-refractivity contribution is -0.142. The first-order valence-electron chi connectivity index (χ1n) is 13.6. The van der Waals surface area contributed by atoms with Gasteiger partial charge in [0.15, 0.2) is 25.0 Å². The molecular weight excluding hydrogens is 521 g/mol. The fraction of sp³-hybridized carbons (Fsp3) is 0.885. The van der Waals surface area contributed by atoms with Gasteiger partial charge in [0, 0.05) is 12.2 Å². The molecule has 0 N–H and O–H groups in total. The van der Waals surface area contributed by atoms with Gasteiger partial charge >= 0.3 is 5.97 Å². The molecule has 0 aromatic rings.